The summed E-state index contributed by atoms with van der Waals surface area (Å²) in [7, 11) is 0. The Labute approximate surface area is 147 Å². The van der Waals surface area contributed by atoms with Crippen LogP contribution in [0.3, 0.4) is 0 Å². The molecule has 1 fully saturated rings. The molecule has 2 aliphatic heterocycles. The van der Waals surface area contributed by atoms with Crippen LogP contribution >= 0.6 is 23.2 Å². The standard InChI is InChI=1S/C18H21Cl2NO2/c1-18(2,3)23-17(22)21-13-5-6-14(21)9-11(8-13)15-10-12(19)4-7-16(15)20/h4,7-8,10,13-14H,5-6,9H2,1-3H3. The van der Waals surface area contributed by atoms with Crippen LogP contribution in [-0.4, -0.2) is 28.7 Å². The Morgan fingerprint density at radius 3 is 2.65 bits per heavy atom. The molecule has 3 rings (SSSR count). The fourth-order valence-corrected chi connectivity index (χ4v) is 3.78. The van der Waals surface area contributed by atoms with Gasteiger partial charge in [0.05, 0.1) is 6.04 Å². The van der Waals surface area contributed by atoms with Crippen molar-refractivity contribution in [1.29, 1.82) is 0 Å². The number of amides is 1. The van der Waals surface area contributed by atoms with Gasteiger partial charge in [-0.15, -0.1) is 0 Å². The second kappa shape index (κ2) is 6.03. The minimum Gasteiger partial charge on any atom is -0.444 e. The lowest BCUT2D eigenvalue weighted by Crippen LogP contribution is -2.45. The molecule has 0 spiro atoms. The Balaban J connectivity index is 1.86. The maximum atomic E-state index is 12.5. The minimum atomic E-state index is -0.475. The molecule has 3 nitrogen and oxygen atoms in total. The number of carbonyl (C=O) groups is 1. The van der Waals surface area contributed by atoms with E-state index in [1.807, 2.05) is 37.8 Å². The fourth-order valence-electron chi connectivity index (χ4n) is 3.37. The Hall–Kier alpha value is -1.19. The van der Waals surface area contributed by atoms with Crippen LogP contribution in [0.1, 0.15) is 45.6 Å². The Morgan fingerprint density at radius 1 is 1.26 bits per heavy atom. The van der Waals surface area contributed by atoms with Crippen LogP contribution in [0.2, 0.25) is 10.0 Å². The number of hydrogen-bond donors (Lipinski definition) is 0. The van der Waals surface area contributed by atoms with Gasteiger partial charge in [0.25, 0.3) is 0 Å². The van der Waals surface area contributed by atoms with E-state index in [4.69, 9.17) is 27.9 Å². The molecule has 23 heavy (non-hydrogen) atoms. The maximum absolute atomic E-state index is 12.5. The summed E-state index contributed by atoms with van der Waals surface area (Å²) >= 11 is 12.4. The average Bonchev–Trinajstić information content (AvgIpc) is 2.71. The molecule has 1 amide bonds. The van der Waals surface area contributed by atoms with Crippen molar-refractivity contribution in [1.82, 2.24) is 4.90 Å². The molecule has 0 radical (unpaired) electrons. The highest BCUT2D eigenvalue weighted by Crippen LogP contribution is 2.41. The van der Waals surface area contributed by atoms with Crippen molar-refractivity contribution < 1.29 is 9.53 Å². The molecule has 0 aliphatic carbocycles. The first-order valence-electron chi connectivity index (χ1n) is 7.92. The van der Waals surface area contributed by atoms with Gasteiger partial charge in [0.1, 0.15) is 5.60 Å². The number of halogens is 2. The molecule has 5 heteroatoms. The van der Waals surface area contributed by atoms with Gasteiger partial charge in [0.2, 0.25) is 0 Å². The van der Waals surface area contributed by atoms with Gasteiger partial charge in [0.15, 0.2) is 0 Å². The van der Waals surface area contributed by atoms with Crippen molar-refractivity contribution in [2.75, 3.05) is 0 Å². The minimum absolute atomic E-state index is 0.0775. The summed E-state index contributed by atoms with van der Waals surface area (Å²) in [5, 5.41) is 1.37. The summed E-state index contributed by atoms with van der Waals surface area (Å²) in [5.74, 6) is 0. The number of rotatable bonds is 1. The molecule has 0 N–H and O–H groups in total. The van der Waals surface area contributed by atoms with Gasteiger partial charge in [-0.2, -0.15) is 0 Å². The van der Waals surface area contributed by atoms with Crippen LogP contribution in [-0.2, 0) is 4.74 Å². The van der Waals surface area contributed by atoms with Gasteiger partial charge in [-0.05, 0) is 69.4 Å². The summed E-state index contributed by atoms with van der Waals surface area (Å²) in [6.45, 7) is 5.68. The average molecular weight is 354 g/mol. The smallest absolute Gasteiger partial charge is 0.411 e. The van der Waals surface area contributed by atoms with Gasteiger partial charge in [-0.3, -0.25) is 4.90 Å². The summed E-state index contributed by atoms with van der Waals surface area (Å²) in [6, 6.07) is 5.76. The molecule has 1 saturated heterocycles. The first-order valence-corrected chi connectivity index (χ1v) is 8.67. The van der Waals surface area contributed by atoms with Gasteiger partial charge < -0.3 is 4.74 Å². The van der Waals surface area contributed by atoms with E-state index in [2.05, 4.69) is 6.08 Å². The zero-order chi connectivity index (χ0) is 16.8. The van der Waals surface area contributed by atoms with E-state index in [0.29, 0.717) is 10.0 Å². The van der Waals surface area contributed by atoms with E-state index in [9.17, 15) is 4.79 Å². The summed E-state index contributed by atoms with van der Waals surface area (Å²) in [6.07, 6.45) is 4.66. The van der Waals surface area contributed by atoms with E-state index >= 15 is 0 Å². The predicted octanol–water partition coefficient (Wildman–Crippen LogP) is 5.55. The molecule has 2 bridgehead atoms. The second-order valence-electron chi connectivity index (χ2n) is 7.21. The van der Waals surface area contributed by atoms with Crippen LogP contribution in [0, 0.1) is 0 Å². The molecule has 1 aromatic rings. The van der Waals surface area contributed by atoms with Crippen LogP contribution in [0.4, 0.5) is 4.79 Å². The van der Waals surface area contributed by atoms with E-state index in [1.165, 1.54) is 5.57 Å². The molecule has 0 aromatic heterocycles. The lowest BCUT2D eigenvalue weighted by Gasteiger charge is -2.35. The number of fused-ring (bicyclic) bond motifs is 2. The van der Waals surface area contributed by atoms with Crippen LogP contribution in [0.5, 0.6) is 0 Å². The number of nitrogens with zero attached hydrogens (tertiary/aromatic N) is 1. The Kier molecular flexibility index (Phi) is 4.37. The quantitative estimate of drug-likeness (QED) is 0.662. The topological polar surface area (TPSA) is 29.5 Å². The molecule has 1 aromatic carbocycles. The number of hydrogen-bond acceptors (Lipinski definition) is 2. The van der Waals surface area contributed by atoms with E-state index in [0.717, 1.165) is 24.8 Å². The number of ether oxygens (including phenoxy) is 1. The highest BCUT2D eigenvalue weighted by atomic mass is 35.5. The third-order valence-electron chi connectivity index (χ3n) is 4.27. The molecule has 2 unspecified atom stereocenters. The second-order valence-corrected chi connectivity index (χ2v) is 8.05. The van der Waals surface area contributed by atoms with Gasteiger partial charge in [0, 0.05) is 16.1 Å². The highest BCUT2D eigenvalue weighted by molar-refractivity contribution is 6.34. The van der Waals surface area contributed by atoms with Crippen molar-refractivity contribution in [2.45, 2.75) is 57.7 Å². The Morgan fingerprint density at radius 2 is 2.00 bits per heavy atom. The third kappa shape index (κ3) is 3.51. The van der Waals surface area contributed by atoms with Crippen LogP contribution in [0.25, 0.3) is 5.57 Å². The van der Waals surface area contributed by atoms with E-state index in [1.54, 1.807) is 6.07 Å². The number of benzene rings is 1. The molecule has 2 atom stereocenters. The number of carbonyl (C=O) groups excluding carboxylic acids is 1. The summed E-state index contributed by atoms with van der Waals surface area (Å²) < 4.78 is 5.55. The fraction of sp³-hybridized carbons (Fsp3) is 0.500. The van der Waals surface area contributed by atoms with Crippen molar-refractivity contribution >= 4 is 34.9 Å². The first-order chi connectivity index (χ1) is 10.7. The van der Waals surface area contributed by atoms with E-state index < -0.39 is 5.60 Å². The van der Waals surface area contributed by atoms with Crippen LogP contribution < -0.4 is 0 Å². The maximum Gasteiger partial charge on any atom is 0.411 e. The molecule has 2 heterocycles. The highest BCUT2D eigenvalue weighted by Gasteiger charge is 2.41. The van der Waals surface area contributed by atoms with Gasteiger partial charge in [-0.1, -0.05) is 29.3 Å². The summed E-state index contributed by atoms with van der Waals surface area (Å²) in [4.78, 5) is 14.3. The lowest BCUT2D eigenvalue weighted by atomic mass is 9.95. The third-order valence-corrected chi connectivity index (χ3v) is 4.84. The largest absolute Gasteiger partial charge is 0.444 e. The first kappa shape index (κ1) is 16.7. The van der Waals surface area contributed by atoms with Crippen LogP contribution in [0.15, 0.2) is 24.3 Å². The van der Waals surface area contributed by atoms with Gasteiger partial charge >= 0.3 is 6.09 Å². The van der Waals surface area contributed by atoms with Crippen molar-refractivity contribution in [3.05, 3.63) is 39.9 Å². The van der Waals surface area contributed by atoms with E-state index in [-0.39, 0.29) is 18.2 Å². The zero-order valence-corrected chi connectivity index (χ0v) is 15.1. The molecule has 124 valence electrons. The van der Waals surface area contributed by atoms with Crippen molar-refractivity contribution in [3.63, 3.8) is 0 Å². The van der Waals surface area contributed by atoms with Crippen molar-refractivity contribution in [3.8, 4) is 0 Å². The zero-order valence-electron chi connectivity index (χ0n) is 13.6. The monoisotopic (exact) mass is 353 g/mol. The SMILES string of the molecule is CC(C)(C)OC(=O)N1C2C=C(c3cc(Cl)ccc3Cl)CC1CC2. The van der Waals surface area contributed by atoms with Crippen molar-refractivity contribution in [2.24, 2.45) is 0 Å². The summed E-state index contributed by atoms with van der Waals surface area (Å²) in [5.41, 5.74) is 1.67. The molecule has 2 aliphatic rings. The predicted molar refractivity (Wildman–Crippen MR) is 93.9 cm³/mol. The molecule has 0 saturated carbocycles. The normalized spacial score (nSPS) is 23.7. The van der Waals surface area contributed by atoms with Gasteiger partial charge in [-0.25, -0.2) is 4.79 Å². The lowest BCUT2D eigenvalue weighted by molar-refractivity contribution is 0.0175. The Bertz CT molecular complexity index is 663. The molecular formula is C18H21Cl2NO2. The molecular weight excluding hydrogens is 333 g/mol.